The van der Waals surface area contributed by atoms with Crippen LogP contribution in [0.5, 0.6) is 5.88 Å². The van der Waals surface area contributed by atoms with Crippen LogP contribution in [0, 0.1) is 5.82 Å². The van der Waals surface area contributed by atoms with Crippen LogP contribution in [0.15, 0.2) is 36.4 Å². The van der Waals surface area contributed by atoms with Crippen molar-refractivity contribution in [3.8, 4) is 5.88 Å². The molecule has 0 bridgehead atoms. The van der Waals surface area contributed by atoms with Gasteiger partial charge in [0.2, 0.25) is 5.88 Å². The molecule has 6 nitrogen and oxygen atoms in total. The molecule has 0 saturated carbocycles. The Kier molecular flexibility index (Phi) is 4.41. The van der Waals surface area contributed by atoms with Gasteiger partial charge < -0.3 is 10.1 Å². The number of amides is 2. The number of Topliss-reactive ketones (excluding diaryl/α,β-unsaturated/α-hetero) is 1. The van der Waals surface area contributed by atoms with E-state index in [1.165, 1.54) is 18.1 Å². The lowest BCUT2D eigenvalue weighted by molar-refractivity contribution is 0.0975. The van der Waals surface area contributed by atoms with Gasteiger partial charge in [0.05, 0.1) is 12.8 Å². The molecule has 24 heavy (non-hydrogen) atoms. The van der Waals surface area contributed by atoms with Gasteiger partial charge in [-0.1, -0.05) is 18.2 Å². The molecular weight excluding hydrogens is 313 g/mol. The van der Waals surface area contributed by atoms with Crippen LogP contribution >= 0.6 is 0 Å². The van der Waals surface area contributed by atoms with Crippen molar-refractivity contribution in [1.29, 1.82) is 0 Å². The molecule has 0 fully saturated rings. The van der Waals surface area contributed by atoms with Crippen LogP contribution in [0.2, 0.25) is 0 Å². The fraction of sp³-hybridized carbons (Fsp3) is 0.235. The lowest BCUT2D eigenvalue weighted by atomic mass is 10.1. The first kappa shape index (κ1) is 15.9. The van der Waals surface area contributed by atoms with E-state index in [-0.39, 0.29) is 36.8 Å². The number of nitrogens with zero attached hydrogens (tertiary/aromatic N) is 2. The van der Waals surface area contributed by atoms with Crippen LogP contribution in [0.4, 0.5) is 14.9 Å². The fourth-order valence-electron chi connectivity index (χ4n) is 2.54. The molecule has 0 radical (unpaired) electrons. The second-order valence-corrected chi connectivity index (χ2v) is 5.30. The van der Waals surface area contributed by atoms with Crippen LogP contribution < -0.4 is 15.0 Å². The molecule has 0 aliphatic carbocycles. The van der Waals surface area contributed by atoms with E-state index < -0.39 is 6.03 Å². The number of ketones is 1. The molecule has 1 aliphatic rings. The Labute approximate surface area is 138 Å². The molecule has 1 aromatic heterocycles. The van der Waals surface area contributed by atoms with Gasteiger partial charge in [-0.2, -0.15) is 0 Å². The molecule has 1 N–H and O–H groups in total. The molecule has 3 rings (SSSR count). The third-order valence-corrected chi connectivity index (χ3v) is 3.81. The first-order valence-corrected chi connectivity index (χ1v) is 7.47. The van der Waals surface area contributed by atoms with Crippen molar-refractivity contribution < 1.29 is 18.7 Å². The van der Waals surface area contributed by atoms with Crippen molar-refractivity contribution in [2.24, 2.45) is 0 Å². The summed E-state index contributed by atoms with van der Waals surface area (Å²) < 4.78 is 18.6. The Bertz CT molecular complexity index is 794. The molecule has 2 heterocycles. The number of rotatable bonds is 3. The first-order valence-electron chi connectivity index (χ1n) is 7.47. The smallest absolute Gasteiger partial charge is 0.322 e. The minimum Gasteiger partial charge on any atom is -0.481 e. The number of carbonyl (C=O) groups is 2. The lowest BCUT2D eigenvalue weighted by Gasteiger charge is -2.28. The number of carbonyl (C=O) groups excluding carboxylic acids is 2. The summed E-state index contributed by atoms with van der Waals surface area (Å²) in [5, 5.41) is 2.67. The third-order valence-electron chi connectivity index (χ3n) is 3.81. The molecule has 1 aromatic carbocycles. The Morgan fingerprint density at radius 3 is 2.88 bits per heavy atom. The molecule has 0 unspecified atom stereocenters. The summed E-state index contributed by atoms with van der Waals surface area (Å²) in [6, 6.07) is 9.05. The number of hydrogen-bond donors (Lipinski definition) is 1. The van der Waals surface area contributed by atoms with Gasteiger partial charge in [0.25, 0.3) is 0 Å². The molecule has 0 spiro atoms. The normalized spacial score (nSPS) is 13.4. The van der Waals surface area contributed by atoms with Gasteiger partial charge in [0, 0.05) is 31.1 Å². The Morgan fingerprint density at radius 2 is 2.12 bits per heavy atom. The maximum absolute atomic E-state index is 13.6. The van der Waals surface area contributed by atoms with Gasteiger partial charge in [0.1, 0.15) is 11.5 Å². The Hall–Kier alpha value is -2.96. The number of anilines is 1. The number of urea groups is 1. The fourth-order valence-corrected chi connectivity index (χ4v) is 2.54. The second-order valence-electron chi connectivity index (χ2n) is 5.30. The van der Waals surface area contributed by atoms with Crippen LogP contribution in [-0.2, 0) is 6.54 Å². The van der Waals surface area contributed by atoms with Gasteiger partial charge in [0.15, 0.2) is 5.78 Å². The first-order chi connectivity index (χ1) is 11.6. The number of pyridine rings is 1. The minimum absolute atomic E-state index is 0.0644. The zero-order valence-corrected chi connectivity index (χ0v) is 13.1. The molecular formula is C17H16FN3O3. The van der Waals surface area contributed by atoms with E-state index >= 15 is 0 Å². The van der Waals surface area contributed by atoms with Crippen molar-refractivity contribution >= 4 is 17.5 Å². The van der Waals surface area contributed by atoms with Crippen molar-refractivity contribution in [3.05, 3.63) is 53.5 Å². The van der Waals surface area contributed by atoms with E-state index in [0.29, 0.717) is 17.1 Å². The molecule has 124 valence electrons. The predicted molar refractivity (Wildman–Crippen MR) is 85.7 cm³/mol. The molecule has 7 heteroatoms. The summed E-state index contributed by atoms with van der Waals surface area (Å²) in [7, 11) is 1.46. The molecule has 1 aliphatic heterocycles. The van der Waals surface area contributed by atoms with Crippen molar-refractivity contribution in [1.82, 2.24) is 10.3 Å². The van der Waals surface area contributed by atoms with Gasteiger partial charge in [-0.3, -0.25) is 9.69 Å². The Morgan fingerprint density at radius 1 is 1.33 bits per heavy atom. The molecule has 0 atom stereocenters. The number of ether oxygens (including phenoxy) is 1. The predicted octanol–water partition coefficient (Wildman–Crippen LogP) is 2.53. The highest BCUT2D eigenvalue weighted by Crippen LogP contribution is 2.27. The summed E-state index contributed by atoms with van der Waals surface area (Å²) in [6.45, 7) is 0.317. The van der Waals surface area contributed by atoms with E-state index in [4.69, 9.17) is 4.74 Å². The van der Waals surface area contributed by atoms with Crippen LogP contribution in [0.1, 0.15) is 22.5 Å². The van der Waals surface area contributed by atoms with Crippen LogP contribution in [0.25, 0.3) is 0 Å². The largest absolute Gasteiger partial charge is 0.481 e. The van der Waals surface area contributed by atoms with Gasteiger partial charge in [-0.15, -0.1) is 0 Å². The van der Waals surface area contributed by atoms with E-state index in [1.807, 2.05) is 0 Å². The molecule has 2 amide bonds. The summed E-state index contributed by atoms with van der Waals surface area (Å²) >= 11 is 0. The minimum atomic E-state index is -0.404. The molecule has 0 saturated heterocycles. The number of hydrogen-bond acceptors (Lipinski definition) is 4. The van der Waals surface area contributed by atoms with Crippen LogP contribution in [0.3, 0.4) is 0 Å². The zero-order valence-electron chi connectivity index (χ0n) is 13.1. The monoisotopic (exact) mass is 329 g/mol. The SMILES string of the molecule is COc1ccc2c(n1)C(=O)CCN2C(=O)NCc1ccccc1F. The Balaban J connectivity index is 1.78. The highest BCUT2D eigenvalue weighted by atomic mass is 19.1. The molecule has 2 aromatic rings. The van der Waals surface area contributed by atoms with Gasteiger partial charge in [-0.05, 0) is 12.1 Å². The number of nitrogens with one attached hydrogen (secondary N) is 1. The van der Waals surface area contributed by atoms with E-state index in [1.54, 1.807) is 30.3 Å². The van der Waals surface area contributed by atoms with E-state index in [9.17, 15) is 14.0 Å². The van der Waals surface area contributed by atoms with E-state index in [2.05, 4.69) is 10.3 Å². The second kappa shape index (κ2) is 6.66. The summed E-state index contributed by atoms with van der Waals surface area (Å²) in [4.78, 5) is 30.0. The number of aromatic nitrogens is 1. The highest BCUT2D eigenvalue weighted by molar-refractivity contribution is 6.07. The zero-order chi connectivity index (χ0) is 17.1. The van der Waals surface area contributed by atoms with Crippen molar-refractivity contribution in [2.45, 2.75) is 13.0 Å². The number of halogens is 1. The highest BCUT2D eigenvalue weighted by Gasteiger charge is 2.29. The summed E-state index contributed by atoms with van der Waals surface area (Å²) in [5.41, 5.74) is 1.03. The van der Waals surface area contributed by atoms with Crippen molar-refractivity contribution in [2.75, 3.05) is 18.6 Å². The van der Waals surface area contributed by atoms with Crippen molar-refractivity contribution in [3.63, 3.8) is 0 Å². The maximum Gasteiger partial charge on any atom is 0.322 e. The average Bonchev–Trinajstić information content (AvgIpc) is 2.61. The number of benzene rings is 1. The topological polar surface area (TPSA) is 71.5 Å². The maximum atomic E-state index is 13.6. The van der Waals surface area contributed by atoms with Gasteiger partial charge >= 0.3 is 6.03 Å². The third kappa shape index (κ3) is 3.05. The summed E-state index contributed by atoms with van der Waals surface area (Å²) in [5.74, 6) is -0.198. The number of fused-ring (bicyclic) bond motifs is 1. The lowest BCUT2D eigenvalue weighted by Crippen LogP contribution is -2.44. The van der Waals surface area contributed by atoms with Crippen LogP contribution in [-0.4, -0.2) is 30.5 Å². The quantitative estimate of drug-likeness (QED) is 0.939. The number of methoxy groups -OCH3 is 1. The van der Waals surface area contributed by atoms with Gasteiger partial charge in [-0.25, -0.2) is 14.2 Å². The summed E-state index contributed by atoms with van der Waals surface area (Å²) in [6.07, 6.45) is 0.181. The van der Waals surface area contributed by atoms with E-state index in [0.717, 1.165) is 0 Å². The standard InChI is InChI=1S/C17H16FN3O3/c1-24-15-7-6-13-16(20-15)14(22)8-9-21(13)17(23)19-10-11-4-2-3-5-12(11)18/h2-7H,8-10H2,1H3,(H,19,23). The average molecular weight is 329 g/mol.